The predicted octanol–water partition coefficient (Wildman–Crippen LogP) is 3.53. The monoisotopic (exact) mass is 270 g/mol. The molecule has 0 spiro atoms. The quantitative estimate of drug-likeness (QED) is 0.910. The highest BCUT2D eigenvalue weighted by Crippen LogP contribution is 2.33. The van der Waals surface area contributed by atoms with Gasteiger partial charge in [0.2, 0.25) is 0 Å². The lowest BCUT2D eigenvalue weighted by Gasteiger charge is -2.35. The van der Waals surface area contributed by atoms with E-state index in [2.05, 4.69) is 13.8 Å². The van der Waals surface area contributed by atoms with Crippen molar-refractivity contribution >= 4 is 0 Å². The lowest BCUT2D eigenvalue weighted by molar-refractivity contribution is -0.0193. The van der Waals surface area contributed by atoms with Gasteiger partial charge in [0.05, 0.1) is 6.10 Å². The smallest absolute Gasteiger partial charge is 0.167 e. The Labute approximate surface area is 112 Å². The van der Waals surface area contributed by atoms with E-state index < -0.39 is 23.8 Å². The molecule has 1 N–H and O–H groups in total. The highest BCUT2D eigenvalue weighted by atomic mass is 19.1. The largest absolute Gasteiger partial charge is 0.485 e. The van der Waals surface area contributed by atoms with Gasteiger partial charge in [0.25, 0.3) is 0 Å². The minimum absolute atomic E-state index is 0.00913. The molecule has 19 heavy (non-hydrogen) atoms. The van der Waals surface area contributed by atoms with Crippen LogP contribution in [-0.4, -0.2) is 17.3 Å². The minimum atomic E-state index is -0.723. The van der Waals surface area contributed by atoms with Gasteiger partial charge in [-0.3, -0.25) is 0 Å². The molecule has 4 heteroatoms. The van der Waals surface area contributed by atoms with E-state index in [-0.39, 0.29) is 5.75 Å². The molecule has 0 bridgehead atoms. The molecule has 1 aromatic rings. The van der Waals surface area contributed by atoms with Crippen LogP contribution in [0.1, 0.15) is 33.1 Å². The van der Waals surface area contributed by atoms with Crippen molar-refractivity contribution < 1.29 is 18.6 Å². The Balaban J connectivity index is 2.07. The molecule has 106 valence electrons. The lowest BCUT2D eigenvalue weighted by atomic mass is 9.79. The summed E-state index contributed by atoms with van der Waals surface area (Å²) in [5, 5.41) is 9.95. The van der Waals surface area contributed by atoms with E-state index in [1.54, 1.807) is 0 Å². The van der Waals surface area contributed by atoms with E-state index in [9.17, 15) is 13.9 Å². The van der Waals surface area contributed by atoms with Crippen LogP contribution in [0.25, 0.3) is 0 Å². The van der Waals surface area contributed by atoms with Crippen LogP contribution in [0, 0.1) is 23.5 Å². The van der Waals surface area contributed by atoms with Crippen molar-refractivity contribution in [3.05, 3.63) is 29.8 Å². The average Bonchev–Trinajstić information content (AvgIpc) is 2.34. The Bertz CT molecular complexity index is 434. The average molecular weight is 270 g/mol. The fourth-order valence-corrected chi connectivity index (χ4v) is 2.61. The number of ether oxygens (including phenoxy) is 1. The van der Waals surface area contributed by atoms with Crippen molar-refractivity contribution in [3.63, 3.8) is 0 Å². The molecule has 2 rings (SSSR count). The van der Waals surface area contributed by atoms with Gasteiger partial charge in [0, 0.05) is 6.07 Å². The van der Waals surface area contributed by atoms with Crippen LogP contribution in [0.2, 0.25) is 0 Å². The first-order chi connectivity index (χ1) is 8.97. The summed E-state index contributed by atoms with van der Waals surface area (Å²) in [4.78, 5) is 0. The first-order valence-electron chi connectivity index (χ1n) is 6.77. The number of aliphatic hydroxyl groups is 1. The fourth-order valence-electron chi connectivity index (χ4n) is 2.61. The first-order valence-corrected chi connectivity index (χ1v) is 6.77. The summed E-state index contributed by atoms with van der Waals surface area (Å²) < 4.78 is 31.9. The zero-order chi connectivity index (χ0) is 14.0. The molecule has 0 aliphatic heterocycles. The molecule has 1 aromatic carbocycles. The normalized spacial score (nSPS) is 27.6. The molecule has 1 aliphatic carbocycles. The molecule has 0 saturated heterocycles. The maximum Gasteiger partial charge on any atom is 0.167 e. The second-order valence-corrected chi connectivity index (χ2v) is 5.62. The number of hydrogen-bond acceptors (Lipinski definition) is 2. The van der Waals surface area contributed by atoms with E-state index >= 15 is 0 Å². The molecular formula is C15H20F2O2. The minimum Gasteiger partial charge on any atom is -0.485 e. The maximum atomic E-state index is 13.5. The number of rotatable bonds is 3. The van der Waals surface area contributed by atoms with E-state index in [1.165, 1.54) is 6.07 Å². The van der Waals surface area contributed by atoms with E-state index in [0.29, 0.717) is 24.7 Å². The second kappa shape index (κ2) is 5.87. The summed E-state index contributed by atoms with van der Waals surface area (Å²) in [6.45, 7) is 4.27. The molecule has 0 heterocycles. The van der Waals surface area contributed by atoms with E-state index in [4.69, 9.17) is 4.74 Å². The van der Waals surface area contributed by atoms with Crippen molar-refractivity contribution in [2.45, 2.75) is 45.3 Å². The van der Waals surface area contributed by atoms with Gasteiger partial charge >= 0.3 is 0 Å². The number of halogens is 2. The molecule has 0 amide bonds. The van der Waals surface area contributed by atoms with Crippen LogP contribution in [0.5, 0.6) is 5.75 Å². The number of aliphatic hydroxyl groups excluding tert-OH is 1. The summed E-state index contributed by atoms with van der Waals surface area (Å²) in [7, 11) is 0. The summed E-state index contributed by atoms with van der Waals surface area (Å²) in [5.74, 6) is -0.364. The zero-order valence-corrected chi connectivity index (χ0v) is 11.3. The van der Waals surface area contributed by atoms with Crippen molar-refractivity contribution in [1.29, 1.82) is 0 Å². The second-order valence-electron chi connectivity index (χ2n) is 5.62. The van der Waals surface area contributed by atoms with Gasteiger partial charge in [0.15, 0.2) is 11.6 Å². The van der Waals surface area contributed by atoms with E-state index in [0.717, 1.165) is 18.6 Å². The third-order valence-corrected chi connectivity index (χ3v) is 3.91. The molecule has 0 aromatic heterocycles. The fraction of sp³-hybridized carbons (Fsp3) is 0.600. The van der Waals surface area contributed by atoms with Crippen molar-refractivity contribution in [2.75, 3.05) is 0 Å². The van der Waals surface area contributed by atoms with Gasteiger partial charge in [-0.2, -0.15) is 0 Å². The van der Waals surface area contributed by atoms with Crippen molar-refractivity contribution in [3.8, 4) is 5.75 Å². The Hall–Kier alpha value is -1.16. The topological polar surface area (TPSA) is 29.5 Å². The van der Waals surface area contributed by atoms with Crippen LogP contribution in [0.3, 0.4) is 0 Å². The molecule has 2 nitrogen and oxygen atoms in total. The molecule has 0 radical (unpaired) electrons. The van der Waals surface area contributed by atoms with Crippen molar-refractivity contribution in [2.24, 2.45) is 11.8 Å². The molecular weight excluding hydrogens is 250 g/mol. The SMILES string of the molecule is CC(C)C1CCC(O)C(Oc2ccc(F)cc2F)C1. The molecule has 3 unspecified atom stereocenters. The molecule has 1 fully saturated rings. The summed E-state index contributed by atoms with van der Waals surface area (Å²) in [6.07, 6.45) is 1.33. The highest BCUT2D eigenvalue weighted by molar-refractivity contribution is 5.25. The summed E-state index contributed by atoms with van der Waals surface area (Å²) in [5.41, 5.74) is 0. The predicted molar refractivity (Wildman–Crippen MR) is 69.0 cm³/mol. The summed E-state index contributed by atoms with van der Waals surface area (Å²) >= 11 is 0. The molecule has 1 aliphatic rings. The third kappa shape index (κ3) is 3.44. The summed E-state index contributed by atoms with van der Waals surface area (Å²) in [6, 6.07) is 3.23. The zero-order valence-electron chi connectivity index (χ0n) is 11.3. The van der Waals surface area contributed by atoms with Crippen LogP contribution in [-0.2, 0) is 0 Å². The van der Waals surface area contributed by atoms with Crippen LogP contribution in [0.15, 0.2) is 18.2 Å². The van der Waals surface area contributed by atoms with Gasteiger partial charge in [0.1, 0.15) is 11.9 Å². The van der Waals surface area contributed by atoms with Crippen molar-refractivity contribution in [1.82, 2.24) is 0 Å². The highest BCUT2D eigenvalue weighted by Gasteiger charge is 2.32. The third-order valence-electron chi connectivity index (χ3n) is 3.91. The number of hydrogen-bond donors (Lipinski definition) is 1. The standard InChI is InChI=1S/C15H20F2O2/c1-9(2)10-3-5-13(18)15(7-10)19-14-6-4-11(16)8-12(14)17/h4,6,8-10,13,15,18H,3,5,7H2,1-2H3. The number of benzene rings is 1. The molecule has 3 atom stereocenters. The lowest BCUT2D eigenvalue weighted by Crippen LogP contribution is -2.39. The van der Waals surface area contributed by atoms with Gasteiger partial charge < -0.3 is 9.84 Å². The van der Waals surface area contributed by atoms with Gasteiger partial charge in [-0.05, 0) is 43.2 Å². The van der Waals surface area contributed by atoms with Crippen LogP contribution >= 0.6 is 0 Å². The Kier molecular flexibility index (Phi) is 4.40. The Morgan fingerprint density at radius 3 is 2.63 bits per heavy atom. The Morgan fingerprint density at radius 1 is 1.26 bits per heavy atom. The molecule has 1 saturated carbocycles. The van der Waals surface area contributed by atoms with Gasteiger partial charge in [-0.15, -0.1) is 0 Å². The maximum absolute atomic E-state index is 13.5. The van der Waals surface area contributed by atoms with Crippen LogP contribution in [0.4, 0.5) is 8.78 Å². The first kappa shape index (κ1) is 14.3. The van der Waals surface area contributed by atoms with Gasteiger partial charge in [-0.1, -0.05) is 13.8 Å². The van der Waals surface area contributed by atoms with Gasteiger partial charge in [-0.25, -0.2) is 8.78 Å². The Morgan fingerprint density at radius 2 is 2.00 bits per heavy atom. The van der Waals surface area contributed by atoms with Crippen LogP contribution < -0.4 is 4.74 Å². The van der Waals surface area contributed by atoms with E-state index in [1.807, 2.05) is 0 Å².